The number of esters is 1. The van der Waals surface area contributed by atoms with Gasteiger partial charge in [0, 0.05) is 23.9 Å². The third-order valence-electron chi connectivity index (χ3n) is 2.58. The van der Waals surface area contributed by atoms with Gasteiger partial charge in [0.25, 0.3) is 0 Å². The molecule has 0 unspecified atom stereocenters. The summed E-state index contributed by atoms with van der Waals surface area (Å²) in [5.41, 5.74) is 1.37. The number of thiazole rings is 2. The van der Waals surface area contributed by atoms with Gasteiger partial charge in [-0.3, -0.25) is 4.79 Å². The van der Waals surface area contributed by atoms with Crippen molar-refractivity contribution in [2.24, 2.45) is 0 Å². The van der Waals surface area contributed by atoms with E-state index in [0.29, 0.717) is 10.7 Å². The van der Waals surface area contributed by atoms with Gasteiger partial charge in [-0.2, -0.15) is 0 Å². The largest absolute Gasteiger partial charge is 0.456 e. The van der Waals surface area contributed by atoms with Crippen LogP contribution in [0.2, 0.25) is 0 Å². The lowest BCUT2D eigenvalue weighted by atomic mass is 10.4. The Bertz CT molecular complexity index is 691. The Morgan fingerprint density at radius 2 is 2.14 bits per heavy atom. The maximum Gasteiger partial charge on any atom is 0.331 e. The van der Waals surface area contributed by atoms with Crippen LogP contribution in [0.25, 0.3) is 6.08 Å². The number of aryl methyl sites for hydroxylation is 1. The van der Waals surface area contributed by atoms with Crippen LogP contribution in [0.1, 0.15) is 21.4 Å². The monoisotopic (exact) mass is 337 g/mol. The van der Waals surface area contributed by atoms with E-state index < -0.39 is 5.97 Å². The van der Waals surface area contributed by atoms with E-state index in [4.69, 9.17) is 4.74 Å². The fraction of sp³-hybridized carbons (Fsp3) is 0.286. The van der Waals surface area contributed by atoms with E-state index in [9.17, 15) is 9.59 Å². The average molecular weight is 337 g/mol. The van der Waals surface area contributed by atoms with Crippen molar-refractivity contribution in [3.05, 3.63) is 38.2 Å². The number of hydrogen-bond donors (Lipinski definition) is 1. The first-order valence-electron chi connectivity index (χ1n) is 6.47. The highest BCUT2D eigenvalue weighted by molar-refractivity contribution is 7.10. The van der Waals surface area contributed by atoms with Crippen molar-refractivity contribution in [2.45, 2.75) is 20.0 Å². The lowest BCUT2D eigenvalue weighted by Crippen LogP contribution is -2.19. The van der Waals surface area contributed by atoms with Crippen LogP contribution >= 0.6 is 22.7 Å². The molecule has 0 fully saturated rings. The molecule has 2 heterocycles. The third-order valence-corrected chi connectivity index (χ3v) is 4.27. The van der Waals surface area contributed by atoms with Gasteiger partial charge in [0.1, 0.15) is 11.6 Å². The lowest BCUT2D eigenvalue weighted by Gasteiger charge is -1.98. The molecule has 0 aliphatic heterocycles. The van der Waals surface area contributed by atoms with E-state index in [1.807, 2.05) is 12.3 Å². The normalized spacial score (nSPS) is 10.8. The minimum Gasteiger partial charge on any atom is -0.456 e. The fourth-order valence-electron chi connectivity index (χ4n) is 1.53. The zero-order chi connectivity index (χ0) is 15.9. The number of amides is 1. The Hall–Kier alpha value is -2.06. The second-order valence-electron chi connectivity index (χ2n) is 4.31. The molecule has 2 rings (SSSR count). The number of likely N-dealkylation sites (N-methyl/N-ethyl adjacent to an activating group) is 1. The van der Waals surface area contributed by atoms with Crippen LogP contribution in [-0.2, 0) is 27.4 Å². The highest BCUT2D eigenvalue weighted by Gasteiger charge is 2.08. The van der Waals surface area contributed by atoms with Gasteiger partial charge in [-0.25, -0.2) is 14.8 Å². The van der Waals surface area contributed by atoms with Crippen LogP contribution in [0.3, 0.4) is 0 Å². The highest BCUT2D eigenvalue weighted by Crippen LogP contribution is 2.12. The number of nitrogens with one attached hydrogen (secondary N) is 1. The van der Waals surface area contributed by atoms with Gasteiger partial charge in [0.15, 0.2) is 0 Å². The Labute approximate surface area is 135 Å². The van der Waals surface area contributed by atoms with Crippen molar-refractivity contribution in [1.82, 2.24) is 15.3 Å². The maximum absolute atomic E-state index is 11.6. The molecule has 0 radical (unpaired) electrons. The minimum atomic E-state index is -0.452. The van der Waals surface area contributed by atoms with E-state index in [-0.39, 0.29) is 18.9 Å². The van der Waals surface area contributed by atoms with Crippen LogP contribution in [0.4, 0.5) is 0 Å². The van der Waals surface area contributed by atoms with E-state index in [2.05, 4.69) is 15.3 Å². The summed E-state index contributed by atoms with van der Waals surface area (Å²) in [5, 5.41) is 7.81. The van der Waals surface area contributed by atoms with E-state index in [1.54, 1.807) is 18.5 Å². The smallest absolute Gasteiger partial charge is 0.331 e. The maximum atomic E-state index is 11.6. The number of carbonyl (C=O) groups excluding carboxylic acids is 2. The van der Waals surface area contributed by atoms with Gasteiger partial charge >= 0.3 is 5.97 Å². The summed E-state index contributed by atoms with van der Waals surface area (Å²) in [6.45, 7) is 1.99. The van der Waals surface area contributed by atoms with Gasteiger partial charge in [0.05, 0.1) is 22.8 Å². The zero-order valence-electron chi connectivity index (χ0n) is 12.2. The van der Waals surface area contributed by atoms with Gasteiger partial charge in [-0.15, -0.1) is 22.7 Å². The van der Waals surface area contributed by atoms with E-state index in [1.165, 1.54) is 28.7 Å². The summed E-state index contributed by atoms with van der Waals surface area (Å²) in [6, 6.07) is 0. The SMILES string of the molecule is CNC(=O)Cc1nc(COC(=O)C=Cc2csc(C)n2)cs1. The van der Waals surface area contributed by atoms with Gasteiger partial charge < -0.3 is 10.1 Å². The van der Waals surface area contributed by atoms with Crippen LogP contribution in [0.15, 0.2) is 16.8 Å². The van der Waals surface area contributed by atoms with Crippen molar-refractivity contribution < 1.29 is 14.3 Å². The molecule has 0 aromatic carbocycles. The van der Waals surface area contributed by atoms with Crippen molar-refractivity contribution in [3.63, 3.8) is 0 Å². The van der Waals surface area contributed by atoms with Crippen LogP contribution in [-0.4, -0.2) is 28.9 Å². The second-order valence-corrected chi connectivity index (χ2v) is 6.32. The highest BCUT2D eigenvalue weighted by atomic mass is 32.1. The molecule has 8 heteroatoms. The fourth-order valence-corrected chi connectivity index (χ4v) is 2.88. The Morgan fingerprint density at radius 1 is 1.32 bits per heavy atom. The second kappa shape index (κ2) is 7.81. The number of ether oxygens (including phenoxy) is 1. The first-order chi connectivity index (χ1) is 10.6. The molecule has 0 aliphatic rings. The number of nitrogens with zero attached hydrogens (tertiary/aromatic N) is 2. The Morgan fingerprint density at radius 3 is 2.82 bits per heavy atom. The molecule has 2 aromatic rings. The summed E-state index contributed by atoms with van der Waals surface area (Å²) in [6.07, 6.45) is 3.19. The van der Waals surface area contributed by atoms with Crippen molar-refractivity contribution >= 4 is 40.6 Å². The molecular formula is C14H15N3O3S2. The molecule has 0 bridgehead atoms. The summed E-state index contributed by atoms with van der Waals surface area (Å²) >= 11 is 2.89. The van der Waals surface area contributed by atoms with Crippen LogP contribution < -0.4 is 5.32 Å². The standard InChI is InChI=1S/C14H15N3O3S2/c1-9-16-10(7-21-9)3-4-14(19)20-6-11-8-22-13(17-11)5-12(18)15-2/h3-4,7-8H,5-6H2,1-2H3,(H,15,18). The number of hydrogen-bond acceptors (Lipinski definition) is 7. The molecule has 6 nitrogen and oxygen atoms in total. The van der Waals surface area contributed by atoms with Crippen molar-refractivity contribution in [3.8, 4) is 0 Å². The molecule has 0 saturated carbocycles. The predicted molar refractivity (Wildman–Crippen MR) is 85.6 cm³/mol. The zero-order valence-corrected chi connectivity index (χ0v) is 13.8. The summed E-state index contributed by atoms with van der Waals surface area (Å²) in [7, 11) is 1.58. The van der Waals surface area contributed by atoms with Crippen LogP contribution in [0.5, 0.6) is 0 Å². The first-order valence-corrected chi connectivity index (χ1v) is 8.23. The van der Waals surface area contributed by atoms with Crippen molar-refractivity contribution in [1.29, 1.82) is 0 Å². The molecule has 0 atom stereocenters. The quantitative estimate of drug-likeness (QED) is 0.644. The number of carbonyl (C=O) groups is 2. The molecule has 1 amide bonds. The van der Waals surface area contributed by atoms with Gasteiger partial charge in [0.2, 0.25) is 5.91 Å². The molecular weight excluding hydrogens is 322 g/mol. The minimum absolute atomic E-state index is 0.0868. The molecule has 0 aliphatic carbocycles. The number of aromatic nitrogens is 2. The topological polar surface area (TPSA) is 81.2 Å². The third kappa shape index (κ3) is 5.05. The first kappa shape index (κ1) is 16.3. The van der Waals surface area contributed by atoms with Crippen LogP contribution in [0, 0.1) is 6.92 Å². The summed E-state index contributed by atoms with van der Waals surface area (Å²) in [5.74, 6) is -0.550. The molecule has 0 saturated heterocycles. The lowest BCUT2D eigenvalue weighted by molar-refractivity contribution is -0.139. The number of rotatable bonds is 6. The van der Waals surface area contributed by atoms with E-state index >= 15 is 0 Å². The molecule has 116 valence electrons. The molecule has 1 N–H and O–H groups in total. The molecule has 22 heavy (non-hydrogen) atoms. The Kier molecular flexibility index (Phi) is 5.79. The summed E-state index contributed by atoms with van der Waals surface area (Å²) < 4.78 is 5.09. The average Bonchev–Trinajstić information content (AvgIpc) is 3.12. The Balaban J connectivity index is 1.81. The predicted octanol–water partition coefficient (Wildman–Crippen LogP) is 1.95. The van der Waals surface area contributed by atoms with Gasteiger partial charge in [-0.1, -0.05) is 0 Å². The molecule has 0 spiro atoms. The summed E-state index contributed by atoms with van der Waals surface area (Å²) in [4.78, 5) is 31.3. The van der Waals surface area contributed by atoms with Crippen molar-refractivity contribution in [2.75, 3.05) is 7.05 Å². The van der Waals surface area contributed by atoms with E-state index in [0.717, 1.165) is 10.7 Å². The molecule has 2 aromatic heterocycles. The van der Waals surface area contributed by atoms with Gasteiger partial charge in [-0.05, 0) is 13.0 Å².